The lowest BCUT2D eigenvalue weighted by atomic mass is 9.85. The van der Waals surface area contributed by atoms with Crippen molar-refractivity contribution < 1.29 is 0 Å². The molecule has 0 bridgehead atoms. The fourth-order valence-electron chi connectivity index (χ4n) is 4.36. The minimum atomic E-state index is 0.0870. The van der Waals surface area contributed by atoms with Gasteiger partial charge in [-0.05, 0) is 81.4 Å². The van der Waals surface area contributed by atoms with Crippen molar-refractivity contribution in [2.45, 2.75) is 33.1 Å². The van der Waals surface area contributed by atoms with Crippen LogP contribution in [0.4, 0.5) is 0 Å². The van der Waals surface area contributed by atoms with Gasteiger partial charge in [0.2, 0.25) is 0 Å². The van der Waals surface area contributed by atoms with E-state index in [4.69, 9.17) is 4.98 Å². The van der Waals surface area contributed by atoms with Crippen molar-refractivity contribution in [2.24, 2.45) is 0 Å². The van der Waals surface area contributed by atoms with Crippen LogP contribution in [-0.4, -0.2) is 4.98 Å². The van der Waals surface area contributed by atoms with Crippen LogP contribution in [0.5, 0.6) is 0 Å². The van der Waals surface area contributed by atoms with E-state index in [1.807, 2.05) is 40.2 Å². The molecule has 0 N–H and O–H groups in total. The molecule has 0 radical (unpaired) electrons. The number of nitrogens with zero attached hydrogens (tertiary/aromatic N) is 1. The summed E-state index contributed by atoms with van der Waals surface area (Å²) in [6.07, 6.45) is 1.97. The lowest BCUT2D eigenvalue weighted by molar-refractivity contribution is 0.597. The molecule has 0 unspecified atom stereocenters. The number of thiophene rings is 3. The number of hydrogen-bond acceptors (Lipinski definition) is 4. The first kappa shape index (κ1) is 18.5. The Balaban J connectivity index is 1.72. The first-order valence-corrected chi connectivity index (χ1v) is 12.7. The molecule has 0 saturated carbocycles. The molecule has 0 atom stereocenters. The fourth-order valence-corrected chi connectivity index (χ4v) is 7.63. The Morgan fingerprint density at radius 1 is 0.867 bits per heavy atom. The van der Waals surface area contributed by atoms with Crippen molar-refractivity contribution in [1.29, 1.82) is 0 Å². The second-order valence-electron chi connectivity index (χ2n) is 9.01. The third-order valence-electron chi connectivity index (χ3n) is 5.90. The van der Waals surface area contributed by atoms with E-state index >= 15 is 0 Å². The fraction of sp³-hybridized carbons (Fsp3) is 0.192. The molecular formula is C26H21NS3. The Bertz CT molecular complexity index is 1590. The van der Waals surface area contributed by atoms with E-state index in [1.54, 1.807) is 0 Å². The van der Waals surface area contributed by atoms with Gasteiger partial charge >= 0.3 is 0 Å². The van der Waals surface area contributed by atoms with Gasteiger partial charge in [0, 0.05) is 41.3 Å². The second kappa shape index (κ2) is 6.36. The van der Waals surface area contributed by atoms with Gasteiger partial charge in [-0.1, -0.05) is 20.8 Å². The van der Waals surface area contributed by atoms with Gasteiger partial charge in [0.25, 0.3) is 0 Å². The number of rotatable bonds is 1. The SMILES string of the molecule is Cc1csc2cc3sc4ccnc(-c5cc(C(C)(C)C)c6sccc6c5)c4c3cc12. The maximum atomic E-state index is 4.92. The first-order valence-electron chi connectivity index (χ1n) is 10.1. The highest BCUT2D eigenvalue weighted by atomic mass is 32.1. The molecular weight excluding hydrogens is 422 g/mol. The summed E-state index contributed by atoms with van der Waals surface area (Å²) in [5, 5.41) is 9.76. The Hall–Kier alpha value is -2.27. The normalized spacial score (nSPS) is 12.7. The molecule has 1 nitrogen and oxygen atoms in total. The van der Waals surface area contributed by atoms with Crippen LogP contribution in [0.25, 0.3) is 51.6 Å². The maximum absolute atomic E-state index is 4.92. The van der Waals surface area contributed by atoms with E-state index in [0.717, 1.165) is 5.69 Å². The van der Waals surface area contributed by atoms with E-state index < -0.39 is 0 Å². The van der Waals surface area contributed by atoms with Crippen LogP contribution in [0, 0.1) is 6.92 Å². The molecule has 0 fully saturated rings. The van der Waals surface area contributed by atoms with E-state index in [9.17, 15) is 0 Å². The second-order valence-corrected chi connectivity index (χ2v) is 11.9. The summed E-state index contributed by atoms with van der Waals surface area (Å²) in [7, 11) is 0. The van der Waals surface area contributed by atoms with Crippen molar-refractivity contribution in [3.63, 3.8) is 0 Å². The van der Waals surface area contributed by atoms with Crippen molar-refractivity contribution in [3.8, 4) is 11.3 Å². The molecule has 0 aliphatic carbocycles. The molecule has 0 spiro atoms. The Labute approximate surface area is 187 Å². The number of fused-ring (bicyclic) bond motifs is 5. The first-order chi connectivity index (χ1) is 14.4. The maximum Gasteiger partial charge on any atom is 0.0795 e. The van der Waals surface area contributed by atoms with Gasteiger partial charge in [0.1, 0.15) is 0 Å². The molecule has 0 amide bonds. The lowest BCUT2D eigenvalue weighted by Gasteiger charge is -2.21. The average molecular weight is 444 g/mol. The van der Waals surface area contributed by atoms with Crippen LogP contribution in [0.3, 0.4) is 0 Å². The molecule has 148 valence electrons. The summed E-state index contributed by atoms with van der Waals surface area (Å²) in [5.41, 5.74) is 5.17. The van der Waals surface area contributed by atoms with Crippen molar-refractivity contribution in [3.05, 3.63) is 64.5 Å². The third kappa shape index (κ3) is 2.67. The molecule has 6 rings (SSSR count). The summed E-state index contributed by atoms with van der Waals surface area (Å²) < 4.78 is 5.43. The number of benzene rings is 2. The predicted octanol–water partition coefficient (Wildman–Crippen LogP) is 9.15. The Morgan fingerprint density at radius 2 is 1.73 bits per heavy atom. The van der Waals surface area contributed by atoms with Crippen molar-refractivity contribution in [2.75, 3.05) is 0 Å². The standard InChI is InChI=1S/C26H21NS3/c1-14-13-29-21-12-22-18(11-17(14)21)23-20(30-22)5-7-27-24(23)16-9-15-6-8-28-25(15)19(10-16)26(2,3)4/h5-13H,1-4H3. The highest BCUT2D eigenvalue weighted by Crippen LogP contribution is 2.44. The molecule has 0 saturated heterocycles. The van der Waals surface area contributed by atoms with Gasteiger partial charge in [-0.15, -0.1) is 34.0 Å². The molecule has 6 aromatic rings. The molecule has 2 aromatic carbocycles. The van der Waals surface area contributed by atoms with Crippen LogP contribution in [0.2, 0.25) is 0 Å². The quantitative estimate of drug-likeness (QED) is 0.247. The van der Waals surface area contributed by atoms with Gasteiger partial charge in [-0.2, -0.15) is 0 Å². The zero-order valence-corrected chi connectivity index (χ0v) is 19.8. The van der Waals surface area contributed by atoms with Crippen LogP contribution in [-0.2, 0) is 5.41 Å². The third-order valence-corrected chi connectivity index (χ3v) is 9.05. The van der Waals surface area contributed by atoms with Gasteiger partial charge < -0.3 is 0 Å². The van der Waals surface area contributed by atoms with Crippen molar-refractivity contribution in [1.82, 2.24) is 4.98 Å². The molecule has 30 heavy (non-hydrogen) atoms. The van der Waals surface area contributed by atoms with Crippen LogP contribution in [0.15, 0.2) is 53.4 Å². The summed E-state index contributed by atoms with van der Waals surface area (Å²) >= 11 is 5.56. The molecule has 4 heterocycles. The van der Waals surface area contributed by atoms with E-state index in [0.29, 0.717) is 0 Å². The Morgan fingerprint density at radius 3 is 2.57 bits per heavy atom. The van der Waals surface area contributed by atoms with Crippen LogP contribution in [0.1, 0.15) is 31.9 Å². The predicted molar refractivity (Wildman–Crippen MR) is 137 cm³/mol. The summed E-state index contributed by atoms with van der Waals surface area (Å²) in [6.45, 7) is 9.11. The monoisotopic (exact) mass is 443 g/mol. The molecule has 0 aliphatic rings. The lowest BCUT2D eigenvalue weighted by Crippen LogP contribution is -2.11. The van der Waals surface area contributed by atoms with E-state index in [2.05, 4.69) is 74.9 Å². The van der Waals surface area contributed by atoms with Gasteiger partial charge in [-0.3, -0.25) is 4.98 Å². The molecule has 4 heteroatoms. The highest BCUT2D eigenvalue weighted by Gasteiger charge is 2.21. The minimum absolute atomic E-state index is 0.0870. The number of aromatic nitrogens is 1. The van der Waals surface area contributed by atoms with E-state index in [1.165, 1.54) is 57.0 Å². The zero-order valence-electron chi connectivity index (χ0n) is 17.4. The van der Waals surface area contributed by atoms with Crippen LogP contribution < -0.4 is 0 Å². The summed E-state index contributed by atoms with van der Waals surface area (Å²) in [5.74, 6) is 0. The molecule has 4 aromatic heterocycles. The summed E-state index contributed by atoms with van der Waals surface area (Å²) in [4.78, 5) is 4.92. The van der Waals surface area contributed by atoms with Gasteiger partial charge in [-0.25, -0.2) is 0 Å². The molecule has 0 aliphatic heterocycles. The number of aryl methyl sites for hydroxylation is 1. The number of hydrogen-bond donors (Lipinski definition) is 0. The summed E-state index contributed by atoms with van der Waals surface area (Å²) in [6, 6.07) is 13.8. The Kier molecular flexibility index (Phi) is 3.92. The topological polar surface area (TPSA) is 12.9 Å². The van der Waals surface area contributed by atoms with Gasteiger partial charge in [0.05, 0.1) is 5.69 Å². The smallest absolute Gasteiger partial charge is 0.0795 e. The highest BCUT2D eigenvalue weighted by molar-refractivity contribution is 7.26. The van der Waals surface area contributed by atoms with Gasteiger partial charge in [0.15, 0.2) is 0 Å². The average Bonchev–Trinajstić information content (AvgIpc) is 3.41. The zero-order chi connectivity index (χ0) is 20.6. The largest absolute Gasteiger partial charge is 0.256 e. The number of pyridine rings is 1. The van der Waals surface area contributed by atoms with Crippen molar-refractivity contribution >= 4 is 74.4 Å². The minimum Gasteiger partial charge on any atom is -0.256 e. The van der Waals surface area contributed by atoms with E-state index in [-0.39, 0.29) is 5.41 Å². The van der Waals surface area contributed by atoms with Crippen LogP contribution >= 0.6 is 34.0 Å².